The minimum absolute atomic E-state index is 0.212. The van der Waals surface area contributed by atoms with Crippen LogP contribution < -0.4 is 4.90 Å². The Bertz CT molecular complexity index is 728. The Morgan fingerprint density at radius 1 is 1.27 bits per heavy atom. The molecule has 1 fully saturated rings. The lowest BCUT2D eigenvalue weighted by Gasteiger charge is -2.27. The van der Waals surface area contributed by atoms with Crippen LogP contribution >= 0.6 is 11.3 Å². The fourth-order valence-corrected chi connectivity index (χ4v) is 3.71. The summed E-state index contributed by atoms with van der Waals surface area (Å²) in [4.78, 5) is 13.9. The van der Waals surface area contributed by atoms with Gasteiger partial charge in [-0.3, -0.25) is 0 Å². The predicted molar refractivity (Wildman–Crippen MR) is 84.5 cm³/mol. The van der Waals surface area contributed by atoms with Gasteiger partial charge >= 0.3 is 5.97 Å². The van der Waals surface area contributed by atoms with Crippen LogP contribution in [0.25, 0.3) is 11.1 Å². The second-order valence-corrected chi connectivity index (χ2v) is 5.87. The van der Waals surface area contributed by atoms with Gasteiger partial charge in [-0.2, -0.15) is 5.26 Å². The van der Waals surface area contributed by atoms with Crippen molar-refractivity contribution in [2.45, 2.75) is 0 Å². The summed E-state index contributed by atoms with van der Waals surface area (Å²) in [6.45, 7) is 2.52. The van der Waals surface area contributed by atoms with Crippen LogP contribution in [0.15, 0.2) is 30.3 Å². The molecule has 1 aromatic carbocycles. The molecule has 1 saturated heterocycles. The fourth-order valence-electron chi connectivity index (χ4n) is 2.54. The molecule has 22 heavy (non-hydrogen) atoms. The van der Waals surface area contributed by atoms with Gasteiger partial charge in [-0.25, -0.2) is 4.79 Å². The number of benzene rings is 1. The zero-order valence-electron chi connectivity index (χ0n) is 11.8. The summed E-state index contributed by atoms with van der Waals surface area (Å²) < 4.78 is 5.33. The quantitative estimate of drug-likeness (QED) is 0.943. The summed E-state index contributed by atoms with van der Waals surface area (Å²) in [6, 6.07) is 11.4. The highest BCUT2D eigenvalue weighted by Gasteiger charge is 2.27. The van der Waals surface area contributed by atoms with Crippen molar-refractivity contribution in [3.63, 3.8) is 0 Å². The van der Waals surface area contributed by atoms with E-state index in [1.54, 1.807) is 0 Å². The van der Waals surface area contributed by atoms with Gasteiger partial charge in [-0.05, 0) is 5.56 Å². The SMILES string of the molecule is N#Cc1c(N2CCOCC2)sc(C(=O)O)c1-c1ccccc1. The van der Waals surface area contributed by atoms with Crippen molar-refractivity contribution in [1.82, 2.24) is 0 Å². The number of aromatic carboxylic acids is 1. The van der Waals surface area contributed by atoms with E-state index in [1.165, 1.54) is 11.3 Å². The van der Waals surface area contributed by atoms with E-state index in [4.69, 9.17) is 4.74 Å². The van der Waals surface area contributed by atoms with E-state index in [0.717, 1.165) is 10.6 Å². The van der Waals surface area contributed by atoms with Crippen molar-refractivity contribution in [3.05, 3.63) is 40.8 Å². The third-order valence-electron chi connectivity index (χ3n) is 3.56. The van der Waals surface area contributed by atoms with E-state index in [9.17, 15) is 15.2 Å². The van der Waals surface area contributed by atoms with Gasteiger partial charge in [0.2, 0.25) is 0 Å². The third-order valence-corrected chi connectivity index (χ3v) is 4.80. The smallest absolute Gasteiger partial charge is 0.346 e. The molecular weight excluding hydrogens is 300 g/mol. The molecule has 0 amide bonds. The highest BCUT2D eigenvalue weighted by molar-refractivity contribution is 7.18. The van der Waals surface area contributed by atoms with Gasteiger partial charge in [0.25, 0.3) is 0 Å². The lowest BCUT2D eigenvalue weighted by atomic mass is 10.0. The number of carboxylic acids is 1. The van der Waals surface area contributed by atoms with E-state index in [-0.39, 0.29) is 4.88 Å². The monoisotopic (exact) mass is 314 g/mol. The van der Waals surface area contributed by atoms with Crippen molar-refractivity contribution >= 4 is 22.3 Å². The van der Waals surface area contributed by atoms with Crippen LogP contribution in [-0.2, 0) is 4.74 Å². The van der Waals surface area contributed by atoms with Crippen LogP contribution in [0.3, 0.4) is 0 Å². The number of carboxylic acid groups (broad SMARTS) is 1. The highest BCUT2D eigenvalue weighted by Crippen LogP contribution is 2.42. The van der Waals surface area contributed by atoms with Crippen LogP contribution in [0.5, 0.6) is 0 Å². The van der Waals surface area contributed by atoms with Crippen LogP contribution in [0.1, 0.15) is 15.2 Å². The molecule has 112 valence electrons. The van der Waals surface area contributed by atoms with Gasteiger partial charge in [0.15, 0.2) is 0 Å². The summed E-state index contributed by atoms with van der Waals surface area (Å²) in [6.07, 6.45) is 0. The molecule has 1 aromatic heterocycles. The first-order valence-electron chi connectivity index (χ1n) is 6.90. The predicted octanol–water partition coefficient (Wildman–Crippen LogP) is 2.82. The number of thiophene rings is 1. The number of hydrogen-bond donors (Lipinski definition) is 1. The first-order chi connectivity index (χ1) is 10.7. The molecule has 0 spiro atoms. The Kier molecular flexibility index (Phi) is 4.09. The van der Waals surface area contributed by atoms with Gasteiger partial charge < -0.3 is 14.7 Å². The normalized spacial score (nSPS) is 14.6. The summed E-state index contributed by atoms with van der Waals surface area (Å²) in [5.74, 6) is -1.00. The molecule has 0 atom stereocenters. The molecule has 0 aliphatic carbocycles. The molecular formula is C16H14N2O3S. The maximum atomic E-state index is 11.6. The second kappa shape index (κ2) is 6.18. The highest BCUT2D eigenvalue weighted by atomic mass is 32.1. The number of nitrogens with zero attached hydrogens (tertiary/aromatic N) is 2. The van der Waals surface area contributed by atoms with Crippen molar-refractivity contribution in [2.75, 3.05) is 31.2 Å². The van der Waals surface area contributed by atoms with Crippen molar-refractivity contribution in [2.24, 2.45) is 0 Å². The van der Waals surface area contributed by atoms with Gasteiger partial charge in [0.1, 0.15) is 15.9 Å². The van der Waals surface area contributed by atoms with Crippen molar-refractivity contribution in [3.8, 4) is 17.2 Å². The third kappa shape index (κ3) is 2.56. The Morgan fingerprint density at radius 3 is 2.55 bits per heavy atom. The number of ether oxygens (including phenoxy) is 1. The Morgan fingerprint density at radius 2 is 1.95 bits per heavy atom. The minimum Gasteiger partial charge on any atom is -0.477 e. The molecule has 0 radical (unpaired) electrons. The number of carbonyl (C=O) groups is 1. The number of hydrogen-bond acceptors (Lipinski definition) is 5. The molecule has 0 unspecified atom stereocenters. The van der Waals surface area contributed by atoms with E-state index in [0.29, 0.717) is 37.4 Å². The molecule has 3 rings (SSSR count). The number of anilines is 1. The maximum Gasteiger partial charge on any atom is 0.346 e. The van der Waals surface area contributed by atoms with E-state index in [2.05, 4.69) is 6.07 Å². The second-order valence-electron chi connectivity index (χ2n) is 4.87. The Labute approximate surface area is 132 Å². The average molecular weight is 314 g/mol. The molecule has 0 bridgehead atoms. The van der Waals surface area contributed by atoms with Crippen LogP contribution in [-0.4, -0.2) is 37.4 Å². The summed E-state index contributed by atoms with van der Waals surface area (Å²) in [5.41, 5.74) is 1.71. The standard InChI is InChI=1S/C16H14N2O3S/c17-10-12-13(11-4-2-1-3-5-11)14(16(19)20)22-15(12)18-6-8-21-9-7-18/h1-5H,6-9H2,(H,19,20). The lowest BCUT2D eigenvalue weighted by molar-refractivity contribution is 0.0703. The zero-order chi connectivity index (χ0) is 15.5. The molecule has 1 aliphatic rings. The number of morpholine rings is 1. The van der Waals surface area contributed by atoms with Crippen LogP contribution in [0.4, 0.5) is 5.00 Å². The molecule has 1 N–H and O–H groups in total. The lowest BCUT2D eigenvalue weighted by Crippen LogP contribution is -2.36. The molecule has 2 aromatic rings. The van der Waals surface area contributed by atoms with Crippen LogP contribution in [0.2, 0.25) is 0 Å². The average Bonchev–Trinajstić information content (AvgIpc) is 2.96. The Balaban J connectivity index is 2.17. The molecule has 0 saturated carbocycles. The van der Waals surface area contributed by atoms with Crippen LogP contribution in [0, 0.1) is 11.3 Å². The van der Waals surface area contributed by atoms with Gasteiger partial charge in [0.05, 0.1) is 18.8 Å². The summed E-state index contributed by atoms with van der Waals surface area (Å²) in [7, 11) is 0. The molecule has 2 heterocycles. The largest absolute Gasteiger partial charge is 0.477 e. The number of nitriles is 1. The minimum atomic E-state index is -1.00. The number of rotatable bonds is 3. The maximum absolute atomic E-state index is 11.6. The molecule has 1 aliphatic heterocycles. The Hall–Kier alpha value is -2.36. The van der Waals surface area contributed by atoms with E-state index >= 15 is 0 Å². The van der Waals surface area contributed by atoms with Crippen molar-refractivity contribution < 1.29 is 14.6 Å². The van der Waals surface area contributed by atoms with Gasteiger partial charge in [-0.15, -0.1) is 11.3 Å². The molecule has 5 nitrogen and oxygen atoms in total. The zero-order valence-corrected chi connectivity index (χ0v) is 12.6. The first-order valence-corrected chi connectivity index (χ1v) is 7.72. The van der Waals surface area contributed by atoms with Crippen molar-refractivity contribution in [1.29, 1.82) is 5.26 Å². The molecule has 6 heteroatoms. The summed E-state index contributed by atoms with van der Waals surface area (Å²) >= 11 is 1.17. The van der Waals surface area contributed by atoms with Gasteiger partial charge in [-0.1, -0.05) is 30.3 Å². The van der Waals surface area contributed by atoms with E-state index in [1.807, 2.05) is 35.2 Å². The van der Waals surface area contributed by atoms with Gasteiger partial charge in [0, 0.05) is 18.7 Å². The van der Waals surface area contributed by atoms with E-state index < -0.39 is 5.97 Å². The summed E-state index contributed by atoms with van der Waals surface area (Å²) in [5, 5.41) is 19.8. The first kappa shape index (κ1) is 14.6. The topological polar surface area (TPSA) is 73.6 Å². The fraction of sp³-hybridized carbons (Fsp3) is 0.250.